The Balaban J connectivity index is 2.11. The van der Waals surface area contributed by atoms with Crippen molar-refractivity contribution in [1.82, 2.24) is 4.98 Å². The molecule has 0 aliphatic carbocycles. The summed E-state index contributed by atoms with van der Waals surface area (Å²) in [6.45, 7) is 2.16. The van der Waals surface area contributed by atoms with Crippen molar-refractivity contribution < 1.29 is 0 Å². The summed E-state index contributed by atoms with van der Waals surface area (Å²) in [5, 5.41) is 0. The maximum Gasteiger partial charge on any atom is 0.0716 e. The highest BCUT2D eigenvalue weighted by Crippen LogP contribution is 2.22. The maximum atomic E-state index is 6.21. The molecule has 0 radical (unpaired) electrons. The van der Waals surface area contributed by atoms with Gasteiger partial charge in [0, 0.05) is 10.7 Å². The highest BCUT2D eigenvalue weighted by atomic mass is 79.9. The van der Waals surface area contributed by atoms with Gasteiger partial charge in [0.15, 0.2) is 0 Å². The molecule has 0 bridgehead atoms. The van der Waals surface area contributed by atoms with Crippen LogP contribution in [0, 0.1) is 0 Å². The van der Waals surface area contributed by atoms with Crippen LogP contribution in [-0.2, 0) is 12.8 Å². The third-order valence-electron chi connectivity index (χ3n) is 3.02. The number of nitrogens with two attached hydrogens (primary N) is 1. The fourth-order valence-corrected chi connectivity index (χ4v) is 2.48. The minimum Gasteiger partial charge on any atom is -0.322 e. The molecule has 0 aliphatic rings. The monoisotopic (exact) mass is 304 g/mol. The topological polar surface area (TPSA) is 38.9 Å². The van der Waals surface area contributed by atoms with Gasteiger partial charge in [0.05, 0.1) is 11.7 Å². The quantitative estimate of drug-likeness (QED) is 0.936. The lowest BCUT2D eigenvalue weighted by Crippen LogP contribution is -2.15. The van der Waals surface area contributed by atoms with Crippen LogP contribution in [0.4, 0.5) is 0 Å². The van der Waals surface area contributed by atoms with Crippen LogP contribution < -0.4 is 5.73 Å². The van der Waals surface area contributed by atoms with Crippen molar-refractivity contribution in [3.05, 3.63) is 63.9 Å². The molecule has 0 saturated carbocycles. The number of hydrogen-bond acceptors (Lipinski definition) is 2. The lowest BCUT2D eigenvalue weighted by atomic mass is 10.0. The Labute approximate surface area is 116 Å². The Bertz CT molecular complexity index is 508. The average molecular weight is 305 g/mol. The van der Waals surface area contributed by atoms with Crippen molar-refractivity contribution >= 4 is 15.9 Å². The fourth-order valence-electron chi connectivity index (χ4n) is 1.93. The van der Waals surface area contributed by atoms with E-state index >= 15 is 0 Å². The highest BCUT2D eigenvalue weighted by Gasteiger charge is 2.11. The summed E-state index contributed by atoms with van der Waals surface area (Å²) >= 11 is 3.49. The summed E-state index contributed by atoms with van der Waals surface area (Å²) in [6, 6.07) is 12.4. The Kier molecular flexibility index (Phi) is 4.50. The minimum atomic E-state index is -0.0759. The summed E-state index contributed by atoms with van der Waals surface area (Å²) in [6.07, 6.45) is 3.65. The van der Waals surface area contributed by atoms with E-state index in [1.54, 1.807) is 6.20 Å². The molecule has 0 saturated heterocycles. The van der Waals surface area contributed by atoms with Crippen molar-refractivity contribution in [3.8, 4) is 0 Å². The summed E-state index contributed by atoms with van der Waals surface area (Å²) in [7, 11) is 0. The van der Waals surface area contributed by atoms with Gasteiger partial charge in [-0.25, -0.2) is 0 Å². The lowest BCUT2D eigenvalue weighted by Gasteiger charge is -2.13. The van der Waals surface area contributed by atoms with E-state index in [2.05, 4.69) is 52.1 Å². The first kappa shape index (κ1) is 13.2. The predicted octanol–water partition coefficient (Wildman–Crippen LogP) is 3.65. The van der Waals surface area contributed by atoms with Crippen molar-refractivity contribution in [2.75, 3.05) is 0 Å². The Morgan fingerprint density at radius 3 is 2.44 bits per heavy atom. The molecule has 2 aromatic rings. The lowest BCUT2D eigenvalue weighted by molar-refractivity contribution is 0.692. The molecule has 1 atom stereocenters. The van der Waals surface area contributed by atoms with Gasteiger partial charge >= 0.3 is 0 Å². The van der Waals surface area contributed by atoms with E-state index in [-0.39, 0.29) is 6.04 Å². The van der Waals surface area contributed by atoms with Crippen LogP contribution in [0.3, 0.4) is 0 Å². The van der Waals surface area contributed by atoms with E-state index in [0.717, 1.165) is 23.0 Å². The second-order valence-electron chi connectivity index (χ2n) is 4.35. The van der Waals surface area contributed by atoms with Crippen LogP contribution in [0.2, 0.25) is 0 Å². The average Bonchev–Trinajstić information content (AvgIpc) is 2.40. The molecule has 0 amide bonds. The molecule has 1 aromatic heterocycles. The van der Waals surface area contributed by atoms with Gasteiger partial charge in [-0.2, -0.15) is 0 Å². The number of aromatic nitrogens is 1. The molecule has 1 aromatic carbocycles. The van der Waals surface area contributed by atoms with E-state index in [9.17, 15) is 0 Å². The molecule has 1 heterocycles. The number of halogens is 1. The summed E-state index contributed by atoms with van der Waals surface area (Å²) < 4.78 is 0.975. The Morgan fingerprint density at radius 2 is 1.83 bits per heavy atom. The van der Waals surface area contributed by atoms with E-state index < -0.39 is 0 Å². The SMILES string of the molecule is CCc1ccc(CC(N)c2ncccc2Br)cc1. The molecule has 18 heavy (non-hydrogen) atoms. The van der Waals surface area contributed by atoms with Gasteiger partial charge in [0.2, 0.25) is 0 Å². The molecular weight excluding hydrogens is 288 g/mol. The number of hydrogen-bond donors (Lipinski definition) is 1. The van der Waals surface area contributed by atoms with Crippen LogP contribution in [-0.4, -0.2) is 4.98 Å². The van der Waals surface area contributed by atoms with E-state index in [1.807, 2.05) is 12.1 Å². The molecule has 2 nitrogen and oxygen atoms in total. The van der Waals surface area contributed by atoms with Crippen LogP contribution in [0.5, 0.6) is 0 Å². The molecule has 2 N–H and O–H groups in total. The number of nitrogens with zero attached hydrogens (tertiary/aromatic N) is 1. The first-order valence-electron chi connectivity index (χ1n) is 6.14. The van der Waals surface area contributed by atoms with Crippen LogP contribution in [0.15, 0.2) is 47.1 Å². The van der Waals surface area contributed by atoms with Gasteiger partial charge in [-0.1, -0.05) is 31.2 Å². The second kappa shape index (κ2) is 6.12. The molecule has 3 heteroatoms. The molecule has 94 valence electrons. The Hall–Kier alpha value is -1.19. The van der Waals surface area contributed by atoms with Gasteiger partial charge < -0.3 is 5.73 Å². The smallest absolute Gasteiger partial charge is 0.0716 e. The first-order valence-corrected chi connectivity index (χ1v) is 6.93. The highest BCUT2D eigenvalue weighted by molar-refractivity contribution is 9.10. The van der Waals surface area contributed by atoms with Gasteiger partial charge in [-0.05, 0) is 52.0 Å². The second-order valence-corrected chi connectivity index (χ2v) is 5.21. The zero-order chi connectivity index (χ0) is 13.0. The molecule has 0 spiro atoms. The fraction of sp³-hybridized carbons (Fsp3) is 0.267. The Morgan fingerprint density at radius 1 is 1.17 bits per heavy atom. The first-order chi connectivity index (χ1) is 8.70. The van der Waals surface area contributed by atoms with Crippen molar-refractivity contribution in [1.29, 1.82) is 0 Å². The molecular formula is C15H17BrN2. The number of rotatable bonds is 4. The van der Waals surface area contributed by atoms with Crippen molar-refractivity contribution in [3.63, 3.8) is 0 Å². The summed E-state index contributed by atoms with van der Waals surface area (Å²) in [4.78, 5) is 4.34. The van der Waals surface area contributed by atoms with Crippen LogP contribution in [0.25, 0.3) is 0 Å². The maximum absolute atomic E-state index is 6.21. The van der Waals surface area contributed by atoms with Gasteiger partial charge in [-0.15, -0.1) is 0 Å². The molecule has 0 fully saturated rings. The van der Waals surface area contributed by atoms with Gasteiger partial charge in [-0.3, -0.25) is 4.98 Å². The standard InChI is InChI=1S/C15H17BrN2/c1-2-11-5-7-12(8-6-11)10-14(17)15-13(16)4-3-9-18-15/h3-9,14H,2,10,17H2,1H3. The van der Waals surface area contributed by atoms with Crippen LogP contribution in [0.1, 0.15) is 29.8 Å². The summed E-state index contributed by atoms with van der Waals surface area (Å²) in [5.74, 6) is 0. The minimum absolute atomic E-state index is 0.0759. The number of aryl methyl sites for hydroxylation is 1. The van der Waals surface area contributed by atoms with Crippen molar-refractivity contribution in [2.45, 2.75) is 25.8 Å². The summed E-state index contributed by atoms with van der Waals surface area (Å²) in [5.41, 5.74) is 9.72. The van der Waals surface area contributed by atoms with Gasteiger partial charge in [0.1, 0.15) is 0 Å². The van der Waals surface area contributed by atoms with Crippen molar-refractivity contribution in [2.24, 2.45) is 5.73 Å². The largest absolute Gasteiger partial charge is 0.322 e. The van der Waals surface area contributed by atoms with E-state index in [0.29, 0.717) is 0 Å². The normalized spacial score (nSPS) is 12.4. The molecule has 0 aliphatic heterocycles. The third-order valence-corrected chi connectivity index (χ3v) is 3.70. The van der Waals surface area contributed by atoms with E-state index in [1.165, 1.54) is 11.1 Å². The third kappa shape index (κ3) is 3.18. The van der Waals surface area contributed by atoms with Crippen LogP contribution >= 0.6 is 15.9 Å². The van der Waals surface area contributed by atoms with Gasteiger partial charge in [0.25, 0.3) is 0 Å². The number of pyridine rings is 1. The predicted molar refractivity (Wildman–Crippen MR) is 78.4 cm³/mol. The molecule has 2 rings (SSSR count). The molecule has 1 unspecified atom stereocenters. The number of benzene rings is 1. The zero-order valence-electron chi connectivity index (χ0n) is 10.4. The zero-order valence-corrected chi connectivity index (χ0v) is 12.0. The van der Waals surface area contributed by atoms with E-state index in [4.69, 9.17) is 5.73 Å².